The van der Waals surface area contributed by atoms with Crippen molar-refractivity contribution in [1.29, 1.82) is 0 Å². The van der Waals surface area contributed by atoms with Crippen LogP contribution in [0, 0.1) is 0 Å². The Kier molecular flexibility index (Phi) is 9.70. The number of methoxy groups -OCH3 is 2. The molecule has 0 radical (unpaired) electrons. The number of benzene rings is 2. The molecule has 38 heavy (non-hydrogen) atoms. The first-order chi connectivity index (χ1) is 18.0. The molecule has 2 aromatic rings. The van der Waals surface area contributed by atoms with Crippen LogP contribution in [-0.4, -0.2) is 69.8 Å². The average molecular weight is 547 g/mol. The van der Waals surface area contributed by atoms with E-state index in [2.05, 4.69) is 16.0 Å². The van der Waals surface area contributed by atoms with Gasteiger partial charge in [0.15, 0.2) is 11.5 Å². The molecule has 12 heteroatoms. The van der Waals surface area contributed by atoms with E-state index in [4.69, 9.17) is 9.47 Å². The van der Waals surface area contributed by atoms with E-state index in [0.29, 0.717) is 30.0 Å². The molecular formula is C26H34N4O7S. The number of amides is 3. The molecule has 3 amide bonds. The normalized spacial score (nSPS) is 15.3. The molecule has 2 aromatic carbocycles. The fourth-order valence-electron chi connectivity index (χ4n) is 4.30. The van der Waals surface area contributed by atoms with Crippen LogP contribution in [0.5, 0.6) is 11.5 Å². The molecule has 1 atom stereocenters. The van der Waals surface area contributed by atoms with Crippen molar-refractivity contribution in [3.63, 3.8) is 0 Å². The molecule has 1 saturated heterocycles. The predicted octanol–water partition coefficient (Wildman–Crippen LogP) is 1.68. The van der Waals surface area contributed by atoms with E-state index < -0.39 is 16.1 Å². The second-order valence-electron chi connectivity index (χ2n) is 9.04. The van der Waals surface area contributed by atoms with Crippen LogP contribution in [-0.2, 0) is 30.8 Å². The quantitative estimate of drug-likeness (QED) is 0.411. The molecule has 3 rings (SSSR count). The Morgan fingerprint density at radius 1 is 0.947 bits per heavy atom. The Morgan fingerprint density at radius 2 is 1.58 bits per heavy atom. The van der Waals surface area contributed by atoms with Gasteiger partial charge in [-0.1, -0.05) is 6.07 Å². The maximum Gasteiger partial charge on any atom is 0.243 e. The Labute approximate surface area is 222 Å². The highest BCUT2D eigenvalue weighted by atomic mass is 32.2. The van der Waals surface area contributed by atoms with Gasteiger partial charge in [0, 0.05) is 45.1 Å². The summed E-state index contributed by atoms with van der Waals surface area (Å²) < 4.78 is 38.1. The summed E-state index contributed by atoms with van der Waals surface area (Å²) in [5.74, 6) is 0.155. The lowest BCUT2D eigenvalue weighted by Crippen LogP contribution is -2.53. The fourth-order valence-corrected chi connectivity index (χ4v) is 5.77. The summed E-state index contributed by atoms with van der Waals surface area (Å²) in [4.78, 5) is 36.2. The van der Waals surface area contributed by atoms with Gasteiger partial charge in [0.05, 0.1) is 19.1 Å². The van der Waals surface area contributed by atoms with Crippen molar-refractivity contribution >= 4 is 33.4 Å². The van der Waals surface area contributed by atoms with Gasteiger partial charge in [-0.15, -0.1) is 0 Å². The highest BCUT2D eigenvalue weighted by molar-refractivity contribution is 7.89. The van der Waals surface area contributed by atoms with Gasteiger partial charge in [0.2, 0.25) is 27.7 Å². The Morgan fingerprint density at radius 3 is 2.13 bits per heavy atom. The minimum Gasteiger partial charge on any atom is -0.493 e. The summed E-state index contributed by atoms with van der Waals surface area (Å²) in [7, 11) is -0.662. The number of carbonyl (C=O) groups excluding carboxylic acids is 3. The third-order valence-electron chi connectivity index (χ3n) is 6.19. The summed E-state index contributed by atoms with van der Waals surface area (Å²) >= 11 is 0. The maximum atomic E-state index is 13.1. The minimum atomic E-state index is -3.72. The van der Waals surface area contributed by atoms with Crippen molar-refractivity contribution < 1.29 is 32.3 Å². The minimum absolute atomic E-state index is 0.134. The number of carbonyl (C=O) groups is 3. The molecule has 1 fully saturated rings. The smallest absolute Gasteiger partial charge is 0.243 e. The van der Waals surface area contributed by atoms with Crippen LogP contribution in [0.3, 0.4) is 0 Å². The van der Waals surface area contributed by atoms with Gasteiger partial charge >= 0.3 is 0 Å². The van der Waals surface area contributed by atoms with Gasteiger partial charge in [0.25, 0.3) is 0 Å². The van der Waals surface area contributed by atoms with Crippen molar-refractivity contribution in [1.82, 2.24) is 14.9 Å². The van der Waals surface area contributed by atoms with Crippen LogP contribution in [0.25, 0.3) is 0 Å². The Hall–Kier alpha value is -3.64. The number of hydrogen-bond donors (Lipinski definition) is 3. The van der Waals surface area contributed by atoms with Gasteiger partial charge in [0.1, 0.15) is 6.04 Å². The van der Waals surface area contributed by atoms with Gasteiger partial charge in [-0.3, -0.25) is 14.4 Å². The molecular weight excluding hydrogens is 512 g/mol. The summed E-state index contributed by atoms with van der Waals surface area (Å²) in [5, 5.41) is 8.27. The fraction of sp³-hybridized carbons (Fsp3) is 0.423. The zero-order valence-electron chi connectivity index (χ0n) is 21.9. The number of nitrogens with zero attached hydrogens (tertiary/aromatic N) is 1. The van der Waals surface area contributed by atoms with Crippen molar-refractivity contribution in [3.8, 4) is 11.5 Å². The van der Waals surface area contributed by atoms with Crippen LogP contribution in [0.4, 0.5) is 5.69 Å². The Balaban J connectivity index is 1.61. The molecule has 3 N–H and O–H groups in total. The first-order valence-corrected chi connectivity index (χ1v) is 13.6. The largest absolute Gasteiger partial charge is 0.493 e. The van der Waals surface area contributed by atoms with E-state index in [1.54, 1.807) is 30.3 Å². The van der Waals surface area contributed by atoms with Gasteiger partial charge < -0.3 is 25.4 Å². The predicted molar refractivity (Wildman–Crippen MR) is 142 cm³/mol. The summed E-state index contributed by atoms with van der Waals surface area (Å²) in [6.45, 7) is 3.20. The molecule has 0 aliphatic carbocycles. The van der Waals surface area contributed by atoms with E-state index >= 15 is 0 Å². The molecule has 0 bridgehead atoms. The number of sulfonamides is 1. The number of piperidine rings is 1. The number of hydrogen-bond acceptors (Lipinski definition) is 7. The standard InChI is InChI=1S/C26H34N4O7S/c1-17(31)27-20-6-8-22(9-7-20)38(34,35)30-13-11-21(12-14-30)29-26(33)23(28-18(2)32)15-19-5-10-24(36-3)25(16-19)37-4/h5-10,16,21,23H,11-15H2,1-4H3,(H,27,31)(H,28,32)(H,29,33)/t23-/m1/s1. The third-order valence-corrected chi connectivity index (χ3v) is 8.11. The van der Waals surface area contributed by atoms with E-state index in [-0.39, 0.29) is 48.2 Å². The molecule has 206 valence electrons. The van der Waals surface area contributed by atoms with Crippen LogP contribution in [0.1, 0.15) is 32.3 Å². The van der Waals surface area contributed by atoms with E-state index in [9.17, 15) is 22.8 Å². The van der Waals surface area contributed by atoms with Gasteiger partial charge in [-0.05, 0) is 54.8 Å². The van der Waals surface area contributed by atoms with Crippen LogP contribution in [0.2, 0.25) is 0 Å². The van der Waals surface area contributed by atoms with E-state index in [1.807, 2.05) is 0 Å². The zero-order chi connectivity index (χ0) is 27.9. The number of rotatable bonds is 10. The first kappa shape index (κ1) is 28.9. The molecule has 0 spiro atoms. The summed E-state index contributed by atoms with van der Waals surface area (Å²) in [6.07, 6.45) is 1.10. The second-order valence-corrected chi connectivity index (χ2v) is 11.0. The van der Waals surface area contributed by atoms with Crippen molar-refractivity contribution in [3.05, 3.63) is 48.0 Å². The molecule has 0 aromatic heterocycles. The molecule has 0 unspecified atom stereocenters. The second kappa shape index (κ2) is 12.7. The van der Waals surface area contributed by atoms with Crippen LogP contribution in [0.15, 0.2) is 47.4 Å². The average Bonchev–Trinajstić information content (AvgIpc) is 2.88. The molecule has 1 heterocycles. The lowest BCUT2D eigenvalue weighted by atomic mass is 10.0. The lowest BCUT2D eigenvalue weighted by Gasteiger charge is -2.32. The Bertz CT molecular complexity index is 1260. The zero-order valence-corrected chi connectivity index (χ0v) is 22.8. The topological polar surface area (TPSA) is 143 Å². The maximum absolute atomic E-state index is 13.1. The molecule has 1 aliphatic rings. The highest BCUT2D eigenvalue weighted by Gasteiger charge is 2.31. The van der Waals surface area contributed by atoms with Crippen molar-refractivity contribution in [2.75, 3.05) is 32.6 Å². The molecule has 0 saturated carbocycles. The van der Waals surface area contributed by atoms with Crippen LogP contribution >= 0.6 is 0 Å². The van der Waals surface area contributed by atoms with Crippen molar-refractivity contribution in [2.24, 2.45) is 0 Å². The van der Waals surface area contributed by atoms with E-state index in [0.717, 1.165) is 5.56 Å². The monoisotopic (exact) mass is 546 g/mol. The van der Waals surface area contributed by atoms with Crippen molar-refractivity contribution in [2.45, 2.75) is 50.1 Å². The number of ether oxygens (including phenoxy) is 2. The highest BCUT2D eigenvalue weighted by Crippen LogP contribution is 2.28. The number of anilines is 1. The van der Waals surface area contributed by atoms with Gasteiger partial charge in [-0.25, -0.2) is 8.42 Å². The summed E-state index contributed by atoms with van der Waals surface area (Å²) in [6, 6.07) is 10.3. The number of nitrogens with one attached hydrogen (secondary N) is 3. The lowest BCUT2D eigenvalue weighted by molar-refractivity contribution is -0.128. The first-order valence-electron chi connectivity index (χ1n) is 12.2. The van der Waals surface area contributed by atoms with E-state index in [1.165, 1.54) is 44.5 Å². The van der Waals surface area contributed by atoms with Crippen LogP contribution < -0.4 is 25.4 Å². The molecule has 1 aliphatic heterocycles. The van der Waals surface area contributed by atoms with Gasteiger partial charge in [-0.2, -0.15) is 4.31 Å². The SMILES string of the molecule is COc1ccc(C[C@@H](NC(C)=O)C(=O)NC2CCN(S(=O)(=O)c3ccc(NC(C)=O)cc3)CC2)cc1OC. The summed E-state index contributed by atoms with van der Waals surface area (Å²) in [5.41, 5.74) is 1.29. The molecule has 11 nitrogen and oxygen atoms in total. The third kappa shape index (κ3) is 7.45.